The van der Waals surface area contributed by atoms with Crippen LogP contribution in [0.1, 0.15) is 18.1 Å². The van der Waals surface area contributed by atoms with Gasteiger partial charge in [-0.05, 0) is 48.4 Å². The fraction of sp³-hybridized carbons (Fsp3) is 0.100. The average molecular weight is 470 g/mol. The molecule has 2 aromatic heterocycles. The minimum Gasteiger partial charge on any atom is -0.493 e. The highest BCUT2D eigenvalue weighted by atomic mass is 79.9. The van der Waals surface area contributed by atoms with Crippen molar-refractivity contribution >= 4 is 38.9 Å². The van der Waals surface area contributed by atoms with E-state index >= 15 is 0 Å². The summed E-state index contributed by atoms with van der Waals surface area (Å²) in [5.41, 5.74) is 0.874. The number of H-pyrrole nitrogens is 3. The van der Waals surface area contributed by atoms with Gasteiger partial charge in [0.05, 0.1) is 22.4 Å². The second-order valence-electron chi connectivity index (χ2n) is 6.53. The molecule has 152 valence electrons. The van der Waals surface area contributed by atoms with Crippen LogP contribution in [0.3, 0.4) is 0 Å². The van der Waals surface area contributed by atoms with Gasteiger partial charge in [-0.2, -0.15) is 0 Å². The Balaban J connectivity index is 1.83. The molecule has 0 spiro atoms. The number of hydrogen-bond acceptors (Lipinski definition) is 5. The van der Waals surface area contributed by atoms with Crippen molar-refractivity contribution in [1.29, 1.82) is 0 Å². The summed E-state index contributed by atoms with van der Waals surface area (Å²) in [6, 6.07) is 10.2. The van der Waals surface area contributed by atoms with Crippen LogP contribution < -0.4 is 16.9 Å². The summed E-state index contributed by atoms with van der Waals surface area (Å²) in [6.45, 7) is 1.92. The molecule has 0 bridgehead atoms. The summed E-state index contributed by atoms with van der Waals surface area (Å²) in [6.07, 6.45) is 1.79. The first-order valence-electron chi connectivity index (χ1n) is 9.00. The van der Waals surface area contributed by atoms with Gasteiger partial charge in [-0.1, -0.05) is 22.9 Å². The molecule has 0 aliphatic carbocycles. The monoisotopic (exact) mass is 469 g/mol. The molecule has 4 aromatic rings. The van der Waals surface area contributed by atoms with Crippen molar-refractivity contribution in [1.82, 2.24) is 19.5 Å². The van der Waals surface area contributed by atoms with Gasteiger partial charge < -0.3 is 15.1 Å². The molecule has 4 rings (SSSR count). The van der Waals surface area contributed by atoms with E-state index in [4.69, 9.17) is 0 Å². The Bertz CT molecular complexity index is 1480. The number of benzene rings is 2. The van der Waals surface area contributed by atoms with Crippen LogP contribution in [-0.4, -0.2) is 30.8 Å². The van der Waals surface area contributed by atoms with Gasteiger partial charge in [0.1, 0.15) is 5.56 Å². The van der Waals surface area contributed by atoms with E-state index in [1.807, 2.05) is 13.0 Å². The number of aromatic amines is 3. The van der Waals surface area contributed by atoms with Gasteiger partial charge in [0.2, 0.25) is 5.88 Å². The smallest absolute Gasteiger partial charge is 0.335 e. The van der Waals surface area contributed by atoms with Crippen LogP contribution in [0.4, 0.5) is 5.69 Å². The van der Waals surface area contributed by atoms with Crippen LogP contribution in [0.5, 0.6) is 5.88 Å². The van der Waals surface area contributed by atoms with E-state index in [2.05, 4.69) is 35.9 Å². The quantitative estimate of drug-likeness (QED) is 0.341. The molecule has 0 amide bonds. The Morgan fingerprint density at radius 2 is 1.83 bits per heavy atom. The molecule has 0 atom stereocenters. The lowest BCUT2D eigenvalue weighted by atomic mass is 10.1. The predicted octanol–water partition coefficient (Wildman–Crippen LogP) is 2.48. The van der Waals surface area contributed by atoms with Crippen molar-refractivity contribution in [2.45, 2.75) is 13.3 Å². The molecule has 10 heteroatoms. The average Bonchev–Trinajstić information content (AvgIpc) is 3.07. The molecule has 0 fully saturated rings. The number of nitrogens with one attached hydrogen (secondary N) is 3. The maximum absolute atomic E-state index is 12.4. The fourth-order valence-corrected chi connectivity index (χ4v) is 3.58. The lowest BCUT2D eigenvalue weighted by Crippen LogP contribution is -2.31. The van der Waals surface area contributed by atoms with Crippen LogP contribution >= 0.6 is 15.9 Å². The molecule has 0 radical (unpaired) electrons. The SMILES string of the molecule is CCc1cc(Br)ccc1-n1c(O)c(C=Nc2ccc3[nH]c(=O)[nH]c3c2)c(=O)[nH]c1=O. The van der Waals surface area contributed by atoms with Crippen molar-refractivity contribution in [2.24, 2.45) is 4.99 Å². The highest BCUT2D eigenvalue weighted by molar-refractivity contribution is 9.10. The number of aryl methyl sites for hydroxylation is 1. The van der Waals surface area contributed by atoms with E-state index in [1.165, 1.54) is 6.21 Å². The van der Waals surface area contributed by atoms with Gasteiger partial charge in [-0.3, -0.25) is 14.8 Å². The summed E-state index contributed by atoms with van der Waals surface area (Å²) in [7, 11) is 0. The summed E-state index contributed by atoms with van der Waals surface area (Å²) in [4.78, 5) is 47.8. The number of imidazole rings is 1. The first-order chi connectivity index (χ1) is 14.4. The minimum absolute atomic E-state index is 0.165. The van der Waals surface area contributed by atoms with E-state index in [0.29, 0.717) is 28.8 Å². The van der Waals surface area contributed by atoms with Crippen molar-refractivity contribution < 1.29 is 5.11 Å². The minimum atomic E-state index is -0.760. The molecule has 0 unspecified atom stereocenters. The normalized spacial score (nSPS) is 11.5. The molecule has 0 saturated heterocycles. The van der Waals surface area contributed by atoms with Crippen molar-refractivity contribution in [3.8, 4) is 11.6 Å². The Kier molecular flexibility index (Phi) is 5.00. The van der Waals surface area contributed by atoms with Gasteiger partial charge in [-0.25, -0.2) is 14.2 Å². The highest BCUT2D eigenvalue weighted by Gasteiger charge is 2.16. The number of nitrogens with zero attached hydrogens (tertiary/aromatic N) is 2. The van der Waals surface area contributed by atoms with Gasteiger partial charge >= 0.3 is 11.4 Å². The molecule has 0 aliphatic heterocycles. The zero-order chi connectivity index (χ0) is 21.4. The van der Waals surface area contributed by atoms with Gasteiger partial charge in [-0.15, -0.1) is 0 Å². The van der Waals surface area contributed by atoms with E-state index < -0.39 is 17.1 Å². The molecule has 0 aliphatic rings. The number of halogens is 1. The summed E-state index contributed by atoms with van der Waals surface area (Å²) >= 11 is 3.39. The number of aromatic nitrogens is 4. The standard InChI is InChI=1S/C20H16BrN5O4/c1-2-10-7-11(21)3-6-16(10)26-18(28)13(17(27)25-20(26)30)9-22-12-4-5-14-15(8-12)24-19(29)23-14/h3-9,28H,2H2,1H3,(H2,23,24,29)(H,25,27,30). The Labute approximate surface area is 176 Å². The van der Waals surface area contributed by atoms with E-state index in [9.17, 15) is 19.5 Å². The van der Waals surface area contributed by atoms with Crippen molar-refractivity contribution in [3.63, 3.8) is 0 Å². The third kappa shape index (κ3) is 3.52. The highest BCUT2D eigenvalue weighted by Crippen LogP contribution is 2.24. The van der Waals surface area contributed by atoms with Crippen molar-refractivity contribution in [3.05, 3.63) is 83.3 Å². The fourth-order valence-electron chi connectivity index (χ4n) is 3.17. The molecule has 0 saturated carbocycles. The second-order valence-corrected chi connectivity index (χ2v) is 7.44. The zero-order valence-corrected chi connectivity index (χ0v) is 17.3. The van der Waals surface area contributed by atoms with Gasteiger partial charge in [0.25, 0.3) is 5.56 Å². The lowest BCUT2D eigenvalue weighted by Gasteiger charge is -2.13. The summed E-state index contributed by atoms with van der Waals surface area (Å²) in [5, 5.41) is 10.7. The van der Waals surface area contributed by atoms with E-state index in [1.54, 1.807) is 30.3 Å². The third-order valence-electron chi connectivity index (χ3n) is 4.63. The molecule has 2 heterocycles. The number of aromatic hydroxyl groups is 1. The topological polar surface area (TPSA) is 136 Å². The first-order valence-corrected chi connectivity index (χ1v) is 9.80. The number of fused-ring (bicyclic) bond motifs is 1. The summed E-state index contributed by atoms with van der Waals surface area (Å²) < 4.78 is 1.88. The number of aliphatic imine (C=N–C) groups is 1. The molecule has 9 nitrogen and oxygen atoms in total. The Morgan fingerprint density at radius 3 is 2.60 bits per heavy atom. The Hall–Kier alpha value is -3.66. The molecule has 30 heavy (non-hydrogen) atoms. The van der Waals surface area contributed by atoms with E-state index in [-0.39, 0.29) is 11.3 Å². The first kappa shape index (κ1) is 19.6. The molecular formula is C20H16BrN5O4. The van der Waals surface area contributed by atoms with Crippen LogP contribution in [0, 0.1) is 0 Å². The largest absolute Gasteiger partial charge is 0.493 e. The van der Waals surface area contributed by atoms with Crippen LogP contribution in [-0.2, 0) is 6.42 Å². The number of hydrogen-bond donors (Lipinski definition) is 4. The maximum atomic E-state index is 12.4. The molecular weight excluding hydrogens is 454 g/mol. The zero-order valence-electron chi connectivity index (χ0n) is 15.7. The number of rotatable bonds is 4. The van der Waals surface area contributed by atoms with E-state index in [0.717, 1.165) is 14.6 Å². The van der Waals surface area contributed by atoms with Gasteiger partial charge in [0.15, 0.2) is 0 Å². The molecule has 2 aromatic carbocycles. The predicted molar refractivity (Wildman–Crippen MR) is 118 cm³/mol. The second kappa shape index (κ2) is 7.64. The van der Waals surface area contributed by atoms with Crippen LogP contribution in [0.15, 0.2) is 60.2 Å². The van der Waals surface area contributed by atoms with Crippen LogP contribution in [0.2, 0.25) is 0 Å². The summed E-state index contributed by atoms with van der Waals surface area (Å²) in [5.74, 6) is -0.513. The van der Waals surface area contributed by atoms with Gasteiger partial charge in [0, 0.05) is 10.7 Å². The lowest BCUT2D eigenvalue weighted by molar-refractivity contribution is 0.429. The Morgan fingerprint density at radius 1 is 1.07 bits per heavy atom. The maximum Gasteiger partial charge on any atom is 0.335 e. The third-order valence-corrected chi connectivity index (χ3v) is 5.12. The molecule has 4 N–H and O–H groups in total. The van der Waals surface area contributed by atoms with Crippen LogP contribution in [0.25, 0.3) is 16.7 Å². The van der Waals surface area contributed by atoms with Crippen molar-refractivity contribution in [2.75, 3.05) is 0 Å².